The Morgan fingerprint density at radius 3 is 2.69 bits per heavy atom. The fourth-order valence-corrected chi connectivity index (χ4v) is 1.69. The van der Waals surface area contributed by atoms with E-state index in [1.807, 2.05) is 24.3 Å². The lowest BCUT2D eigenvalue weighted by atomic mass is 10.1. The molecule has 0 fully saturated rings. The topological polar surface area (TPSA) is 42.1 Å². The smallest absolute Gasteiger partial charge is 0.249 e. The molecule has 1 N–H and O–H groups in total. The molecule has 0 aliphatic rings. The summed E-state index contributed by atoms with van der Waals surface area (Å²) in [5, 5.41) is 0.324. The summed E-state index contributed by atoms with van der Waals surface area (Å²) < 4.78 is 5.12. The van der Waals surface area contributed by atoms with Crippen molar-refractivity contribution < 1.29 is 4.74 Å². The number of nitrogens with one attached hydrogen (secondary N) is 1. The van der Waals surface area contributed by atoms with E-state index in [-0.39, 0.29) is 5.56 Å². The van der Waals surface area contributed by atoms with Crippen molar-refractivity contribution in [1.29, 1.82) is 0 Å². The van der Waals surface area contributed by atoms with Gasteiger partial charge in [-0.3, -0.25) is 4.79 Å². The minimum absolute atomic E-state index is 0.217. The summed E-state index contributed by atoms with van der Waals surface area (Å²) >= 11 is 5.79. The predicted molar refractivity (Wildman–Crippen MR) is 64.1 cm³/mol. The lowest BCUT2D eigenvalue weighted by Crippen LogP contribution is -2.03. The fraction of sp³-hybridized carbons (Fsp3) is 0.0833. The summed E-state index contributed by atoms with van der Waals surface area (Å²) in [4.78, 5) is 13.8. The Bertz CT molecular complexity index is 563. The Kier molecular flexibility index (Phi) is 2.97. The van der Waals surface area contributed by atoms with Crippen molar-refractivity contribution in [1.82, 2.24) is 4.98 Å². The molecule has 0 bridgehead atoms. The predicted octanol–water partition coefficient (Wildman–Crippen LogP) is 2.70. The highest BCUT2D eigenvalue weighted by Gasteiger charge is 2.02. The average molecular weight is 236 g/mol. The van der Waals surface area contributed by atoms with Gasteiger partial charge >= 0.3 is 0 Å². The van der Waals surface area contributed by atoms with Gasteiger partial charge in [-0.2, -0.15) is 0 Å². The number of aromatic nitrogens is 1. The van der Waals surface area contributed by atoms with Gasteiger partial charge in [0.05, 0.1) is 7.11 Å². The molecule has 0 amide bonds. The van der Waals surface area contributed by atoms with Gasteiger partial charge in [-0.05, 0) is 29.3 Å². The molecule has 82 valence electrons. The van der Waals surface area contributed by atoms with Crippen molar-refractivity contribution in [2.75, 3.05) is 7.11 Å². The first-order chi connectivity index (χ1) is 7.69. The van der Waals surface area contributed by atoms with Gasteiger partial charge in [0.1, 0.15) is 10.9 Å². The van der Waals surface area contributed by atoms with Crippen molar-refractivity contribution in [3.8, 4) is 16.9 Å². The number of hydrogen-bond acceptors (Lipinski definition) is 2. The highest BCUT2D eigenvalue weighted by atomic mass is 35.5. The first kappa shape index (κ1) is 10.8. The summed E-state index contributed by atoms with van der Waals surface area (Å²) in [6.45, 7) is 0. The van der Waals surface area contributed by atoms with Crippen molar-refractivity contribution in [3.63, 3.8) is 0 Å². The van der Waals surface area contributed by atoms with Crippen LogP contribution in [0.4, 0.5) is 0 Å². The molecule has 1 heterocycles. The normalized spacial score (nSPS) is 10.1. The molecule has 0 unspecified atom stereocenters. The zero-order chi connectivity index (χ0) is 11.5. The van der Waals surface area contributed by atoms with Crippen molar-refractivity contribution in [2.24, 2.45) is 0 Å². The molecule has 16 heavy (non-hydrogen) atoms. The fourth-order valence-electron chi connectivity index (χ4n) is 1.48. The van der Waals surface area contributed by atoms with Gasteiger partial charge < -0.3 is 9.72 Å². The van der Waals surface area contributed by atoms with E-state index in [9.17, 15) is 4.79 Å². The Morgan fingerprint density at radius 2 is 2.00 bits per heavy atom. The van der Waals surface area contributed by atoms with Gasteiger partial charge in [-0.1, -0.05) is 23.7 Å². The average Bonchev–Trinajstić information content (AvgIpc) is 2.28. The highest BCUT2D eigenvalue weighted by Crippen LogP contribution is 2.23. The third-order valence-electron chi connectivity index (χ3n) is 2.21. The molecule has 0 atom stereocenters. The van der Waals surface area contributed by atoms with E-state index in [0.29, 0.717) is 5.15 Å². The molecule has 0 saturated heterocycles. The maximum absolute atomic E-state index is 11.3. The number of aromatic amines is 1. The van der Waals surface area contributed by atoms with Crippen molar-refractivity contribution >= 4 is 11.6 Å². The molecule has 0 aliphatic heterocycles. The van der Waals surface area contributed by atoms with Crippen LogP contribution in [0, 0.1) is 0 Å². The lowest BCUT2D eigenvalue weighted by molar-refractivity contribution is 0.415. The molecular formula is C12H10ClNO2. The molecule has 0 saturated carbocycles. The summed E-state index contributed by atoms with van der Waals surface area (Å²) in [5.41, 5.74) is 1.45. The number of methoxy groups -OCH3 is 1. The zero-order valence-corrected chi connectivity index (χ0v) is 9.41. The first-order valence-electron chi connectivity index (χ1n) is 4.73. The summed E-state index contributed by atoms with van der Waals surface area (Å²) in [6.07, 6.45) is 0. The van der Waals surface area contributed by atoms with E-state index in [0.717, 1.165) is 16.9 Å². The lowest BCUT2D eigenvalue weighted by Gasteiger charge is -2.04. The number of ether oxygens (including phenoxy) is 1. The monoisotopic (exact) mass is 235 g/mol. The molecule has 4 heteroatoms. The Morgan fingerprint density at radius 1 is 1.19 bits per heavy atom. The molecule has 2 rings (SSSR count). The van der Waals surface area contributed by atoms with Crippen LogP contribution in [0.25, 0.3) is 11.1 Å². The van der Waals surface area contributed by atoms with Crippen LogP contribution in [0.1, 0.15) is 0 Å². The van der Waals surface area contributed by atoms with E-state index < -0.39 is 0 Å². The van der Waals surface area contributed by atoms with Crippen molar-refractivity contribution in [2.45, 2.75) is 0 Å². The molecule has 0 aliphatic carbocycles. The second-order valence-corrected chi connectivity index (χ2v) is 3.72. The SMILES string of the molecule is COc1cccc(-c2cc(Cl)[nH]c(=O)c2)c1. The number of H-pyrrole nitrogens is 1. The Balaban J connectivity index is 2.53. The van der Waals surface area contributed by atoms with Crippen LogP contribution < -0.4 is 10.3 Å². The first-order valence-corrected chi connectivity index (χ1v) is 5.11. The van der Waals surface area contributed by atoms with Gasteiger partial charge in [0.25, 0.3) is 0 Å². The summed E-state index contributed by atoms with van der Waals surface area (Å²) in [6, 6.07) is 10.7. The van der Waals surface area contributed by atoms with Gasteiger partial charge in [0.15, 0.2) is 0 Å². The second kappa shape index (κ2) is 4.41. The van der Waals surface area contributed by atoms with Crippen LogP contribution in [-0.2, 0) is 0 Å². The van der Waals surface area contributed by atoms with Crippen LogP contribution in [0.2, 0.25) is 5.15 Å². The summed E-state index contributed by atoms with van der Waals surface area (Å²) in [5.74, 6) is 0.744. The third-order valence-corrected chi connectivity index (χ3v) is 2.42. The van der Waals surface area contributed by atoms with E-state index in [4.69, 9.17) is 16.3 Å². The van der Waals surface area contributed by atoms with Gasteiger partial charge in [0.2, 0.25) is 5.56 Å². The quantitative estimate of drug-likeness (QED) is 0.814. The summed E-state index contributed by atoms with van der Waals surface area (Å²) in [7, 11) is 1.60. The minimum atomic E-state index is -0.217. The number of hydrogen-bond donors (Lipinski definition) is 1. The third kappa shape index (κ3) is 2.25. The van der Waals surface area contributed by atoms with Crippen LogP contribution in [-0.4, -0.2) is 12.1 Å². The maximum atomic E-state index is 11.3. The van der Waals surface area contributed by atoms with E-state index in [2.05, 4.69) is 4.98 Å². The number of pyridine rings is 1. The molecule has 0 spiro atoms. The van der Waals surface area contributed by atoms with Gasteiger partial charge in [-0.15, -0.1) is 0 Å². The molecular weight excluding hydrogens is 226 g/mol. The second-order valence-electron chi connectivity index (χ2n) is 3.31. The number of halogens is 1. The van der Waals surface area contributed by atoms with Gasteiger partial charge in [0, 0.05) is 6.07 Å². The molecule has 3 nitrogen and oxygen atoms in total. The van der Waals surface area contributed by atoms with Crippen LogP contribution in [0.5, 0.6) is 5.75 Å². The van der Waals surface area contributed by atoms with E-state index >= 15 is 0 Å². The van der Waals surface area contributed by atoms with Crippen LogP contribution in [0.15, 0.2) is 41.2 Å². The number of benzene rings is 1. The van der Waals surface area contributed by atoms with Crippen LogP contribution in [0.3, 0.4) is 0 Å². The highest BCUT2D eigenvalue weighted by molar-refractivity contribution is 6.29. The van der Waals surface area contributed by atoms with Crippen molar-refractivity contribution in [3.05, 3.63) is 51.9 Å². The molecule has 1 aromatic heterocycles. The molecule has 0 radical (unpaired) electrons. The molecule has 2 aromatic rings. The molecule has 1 aromatic carbocycles. The standard InChI is InChI=1S/C12H10ClNO2/c1-16-10-4-2-3-8(5-10)9-6-11(13)14-12(15)7-9/h2-7H,1H3,(H,14,15). The minimum Gasteiger partial charge on any atom is -0.497 e. The Hall–Kier alpha value is -1.74. The van der Waals surface area contributed by atoms with E-state index in [1.54, 1.807) is 13.2 Å². The number of rotatable bonds is 2. The van der Waals surface area contributed by atoms with E-state index in [1.165, 1.54) is 6.07 Å². The zero-order valence-electron chi connectivity index (χ0n) is 8.66. The van der Waals surface area contributed by atoms with Crippen LogP contribution >= 0.6 is 11.6 Å². The Labute approximate surface area is 97.7 Å². The maximum Gasteiger partial charge on any atom is 0.249 e. The largest absolute Gasteiger partial charge is 0.497 e. The van der Waals surface area contributed by atoms with Gasteiger partial charge in [-0.25, -0.2) is 0 Å².